The van der Waals surface area contributed by atoms with Gasteiger partial charge in [-0.1, -0.05) is 25.3 Å². The molecule has 1 fully saturated rings. The quantitative estimate of drug-likeness (QED) is 0.910. The maximum Gasteiger partial charge on any atom is 0.267 e. The van der Waals surface area contributed by atoms with Gasteiger partial charge in [0.2, 0.25) is 0 Å². The number of hydrogen-bond donors (Lipinski definition) is 1. The van der Waals surface area contributed by atoms with Gasteiger partial charge in [0.25, 0.3) is 5.91 Å². The highest BCUT2D eigenvalue weighted by Gasteiger charge is 2.31. The van der Waals surface area contributed by atoms with Gasteiger partial charge in [0.15, 0.2) is 0 Å². The summed E-state index contributed by atoms with van der Waals surface area (Å²) in [4.78, 5) is 15.1. The molecule has 2 rings (SSSR count). The molecule has 7 heteroatoms. The van der Waals surface area contributed by atoms with Crippen LogP contribution in [0.25, 0.3) is 0 Å². The van der Waals surface area contributed by atoms with Gasteiger partial charge in [-0.05, 0) is 24.4 Å². The van der Waals surface area contributed by atoms with E-state index in [-0.39, 0.29) is 24.0 Å². The zero-order valence-corrected chi connectivity index (χ0v) is 13.7. The number of hydrogen-bond acceptors (Lipinski definition) is 6. The van der Waals surface area contributed by atoms with E-state index in [0.717, 1.165) is 18.5 Å². The minimum absolute atomic E-state index is 0.0236. The molecular weight excluding hydrogens is 290 g/mol. The van der Waals surface area contributed by atoms with Gasteiger partial charge >= 0.3 is 0 Å². The van der Waals surface area contributed by atoms with Crippen molar-refractivity contribution in [2.24, 2.45) is 0 Å². The van der Waals surface area contributed by atoms with Crippen LogP contribution in [0.1, 0.15) is 49.0 Å². The Kier molecular flexibility index (Phi) is 5.29. The fourth-order valence-electron chi connectivity index (χ4n) is 2.41. The fourth-order valence-corrected chi connectivity index (χ4v) is 3.25. The van der Waals surface area contributed by atoms with E-state index in [9.17, 15) is 4.79 Å². The Morgan fingerprint density at radius 1 is 1.43 bits per heavy atom. The third kappa shape index (κ3) is 3.99. The molecule has 0 bridgehead atoms. The SMILES string of the molecule is CC(C)(C)c1nnsc1C(=O)N1CCC(OCCO)CC1. The molecule has 2 heterocycles. The molecule has 6 nitrogen and oxygen atoms in total. The van der Waals surface area contributed by atoms with E-state index < -0.39 is 0 Å². The van der Waals surface area contributed by atoms with Crippen LogP contribution in [-0.2, 0) is 10.2 Å². The van der Waals surface area contributed by atoms with Crippen molar-refractivity contribution < 1.29 is 14.6 Å². The molecule has 1 aliphatic heterocycles. The molecule has 0 spiro atoms. The number of rotatable bonds is 4. The van der Waals surface area contributed by atoms with Crippen LogP contribution in [0, 0.1) is 0 Å². The number of carbonyl (C=O) groups is 1. The summed E-state index contributed by atoms with van der Waals surface area (Å²) in [6.45, 7) is 7.87. The van der Waals surface area contributed by atoms with Gasteiger partial charge in [-0.3, -0.25) is 4.79 Å². The van der Waals surface area contributed by atoms with Crippen LogP contribution >= 0.6 is 11.5 Å². The molecule has 118 valence electrons. The minimum Gasteiger partial charge on any atom is -0.394 e. The number of carbonyl (C=O) groups excluding carboxylic acids is 1. The van der Waals surface area contributed by atoms with E-state index in [0.29, 0.717) is 24.6 Å². The molecule has 1 amide bonds. The van der Waals surface area contributed by atoms with Crippen molar-refractivity contribution >= 4 is 17.4 Å². The molecule has 21 heavy (non-hydrogen) atoms. The number of aliphatic hydroxyl groups is 1. The van der Waals surface area contributed by atoms with Crippen LogP contribution in [0.3, 0.4) is 0 Å². The molecule has 1 N–H and O–H groups in total. The maximum absolute atomic E-state index is 12.6. The Morgan fingerprint density at radius 2 is 2.10 bits per heavy atom. The zero-order chi connectivity index (χ0) is 15.5. The van der Waals surface area contributed by atoms with Crippen molar-refractivity contribution in [3.63, 3.8) is 0 Å². The fraction of sp³-hybridized carbons (Fsp3) is 0.786. The summed E-state index contributed by atoms with van der Waals surface area (Å²) in [5.41, 5.74) is 0.594. The predicted octanol–water partition coefficient (Wildman–Crippen LogP) is 1.45. The van der Waals surface area contributed by atoms with Gasteiger partial charge in [0.05, 0.1) is 25.0 Å². The van der Waals surface area contributed by atoms with Crippen molar-refractivity contribution in [1.29, 1.82) is 0 Å². The Morgan fingerprint density at radius 3 is 2.67 bits per heavy atom. The highest BCUT2D eigenvalue weighted by Crippen LogP contribution is 2.27. The smallest absolute Gasteiger partial charge is 0.267 e. The van der Waals surface area contributed by atoms with E-state index in [1.54, 1.807) is 0 Å². The van der Waals surface area contributed by atoms with Crippen molar-refractivity contribution in [3.05, 3.63) is 10.6 Å². The molecule has 0 radical (unpaired) electrons. The first-order valence-corrected chi connectivity index (χ1v) is 8.05. The standard InChI is InChI=1S/C14H23N3O3S/c1-14(2,3)12-11(21-16-15-12)13(19)17-6-4-10(5-7-17)20-9-8-18/h10,18H,4-9H2,1-3H3. The molecule has 0 unspecified atom stereocenters. The third-order valence-electron chi connectivity index (χ3n) is 3.57. The van der Waals surface area contributed by atoms with Crippen LogP contribution in [0.5, 0.6) is 0 Å². The molecular formula is C14H23N3O3S. The average molecular weight is 313 g/mol. The Bertz CT molecular complexity index is 476. The van der Waals surface area contributed by atoms with Crippen LogP contribution in [-0.4, -0.2) is 57.9 Å². The molecule has 0 saturated carbocycles. The summed E-state index contributed by atoms with van der Waals surface area (Å²) in [6, 6.07) is 0. The van der Waals surface area contributed by atoms with Gasteiger partial charge in [0, 0.05) is 18.5 Å². The highest BCUT2D eigenvalue weighted by molar-refractivity contribution is 7.08. The second kappa shape index (κ2) is 6.81. The summed E-state index contributed by atoms with van der Waals surface area (Å²) in [6.07, 6.45) is 1.76. The number of nitrogens with zero attached hydrogens (tertiary/aromatic N) is 3. The zero-order valence-electron chi connectivity index (χ0n) is 12.8. The second-order valence-electron chi connectivity index (χ2n) is 6.29. The van der Waals surface area contributed by atoms with Crippen molar-refractivity contribution in [3.8, 4) is 0 Å². The first-order valence-electron chi connectivity index (χ1n) is 7.28. The number of aromatic nitrogens is 2. The lowest BCUT2D eigenvalue weighted by atomic mass is 9.91. The van der Waals surface area contributed by atoms with Crippen LogP contribution in [0.4, 0.5) is 0 Å². The summed E-state index contributed by atoms with van der Waals surface area (Å²) < 4.78 is 9.47. The number of ether oxygens (including phenoxy) is 1. The van der Waals surface area contributed by atoms with Gasteiger partial charge in [-0.2, -0.15) is 0 Å². The molecule has 1 aliphatic rings. The lowest BCUT2D eigenvalue weighted by molar-refractivity contribution is -0.00549. The number of amides is 1. The number of aliphatic hydroxyl groups excluding tert-OH is 1. The van der Waals surface area contributed by atoms with E-state index in [1.807, 2.05) is 25.7 Å². The summed E-state index contributed by atoms with van der Waals surface area (Å²) in [7, 11) is 0. The van der Waals surface area contributed by atoms with Crippen molar-refractivity contribution in [1.82, 2.24) is 14.5 Å². The van der Waals surface area contributed by atoms with Crippen LogP contribution in [0.15, 0.2) is 0 Å². The average Bonchev–Trinajstić information content (AvgIpc) is 2.94. The largest absolute Gasteiger partial charge is 0.394 e. The Hall–Kier alpha value is -1.05. The Balaban J connectivity index is 1.98. The van der Waals surface area contributed by atoms with Crippen molar-refractivity contribution in [2.75, 3.05) is 26.3 Å². The number of likely N-dealkylation sites (tertiary alicyclic amines) is 1. The monoisotopic (exact) mass is 313 g/mol. The maximum atomic E-state index is 12.6. The lowest BCUT2D eigenvalue weighted by Crippen LogP contribution is -2.41. The van der Waals surface area contributed by atoms with Crippen LogP contribution < -0.4 is 0 Å². The highest BCUT2D eigenvalue weighted by atomic mass is 32.1. The van der Waals surface area contributed by atoms with E-state index in [2.05, 4.69) is 9.59 Å². The Labute approximate surface area is 129 Å². The van der Waals surface area contributed by atoms with Crippen molar-refractivity contribution in [2.45, 2.75) is 45.1 Å². The van der Waals surface area contributed by atoms with E-state index in [1.165, 1.54) is 11.5 Å². The summed E-state index contributed by atoms with van der Waals surface area (Å²) >= 11 is 1.18. The van der Waals surface area contributed by atoms with Gasteiger partial charge in [0.1, 0.15) is 4.88 Å². The first kappa shape index (κ1) is 16.3. The topological polar surface area (TPSA) is 75.6 Å². The molecule has 0 aliphatic carbocycles. The van der Waals surface area contributed by atoms with Gasteiger partial charge in [-0.25, -0.2) is 0 Å². The van der Waals surface area contributed by atoms with E-state index >= 15 is 0 Å². The van der Waals surface area contributed by atoms with Gasteiger partial charge in [-0.15, -0.1) is 5.10 Å². The predicted molar refractivity (Wildman–Crippen MR) is 80.6 cm³/mol. The van der Waals surface area contributed by atoms with Crippen LogP contribution in [0.2, 0.25) is 0 Å². The van der Waals surface area contributed by atoms with E-state index in [4.69, 9.17) is 9.84 Å². The molecule has 0 aromatic carbocycles. The second-order valence-corrected chi connectivity index (χ2v) is 7.04. The molecule has 0 atom stereocenters. The van der Waals surface area contributed by atoms with Gasteiger partial charge < -0.3 is 14.7 Å². The molecule has 1 aromatic heterocycles. The number of piperidine rings is 1. The molecule has 1 saturated heterocycles. The first-order chi connectivity index (χ1) is 9.93. The third-order valence-corrected chi connectivity index (χ3v) is 4.28. The lowest BCUT2D eigenvalue weighted by Gasteiger charge is -2.32. The summed E-state index contributed by atoms with van der Waals surface area (Å²) in [5, 5.41) is 12.9. The summed E-state index contributed by atoms with van der Waals surface area (Å²) in [5.74, 6) is 0.0236. The normalized spacial score (nSPS) is 17.2. The minimum atomic E-state index is -0.180. The molecule has 1 aromatic rings.